The van der Waals surface area contributed by atoms with Gasteiger partial charge < -0.3 is 9.97 Å². The first-order valence-corrected chi connectivity index (χ1v) is 19.3. The zero-order valence-corrected chi connectivity index (χ0v) is 34.4. The lowest BCUT2D eigenvalue weighted by Crippen LogP contribution is -2.06. The van der Waals surface area contributed by atoms with Crippen LogP contribution in [0.1, 0.15) is 22.8 Å². The molecule has 2 aliphatic heterocycles. The van der Waals surface area contributed by atoms with Crippen molar-refractivity contribution in [2.45, 2.75) is 0 Å². The number of H-pyrrole nitrogens is 2. The predicted molar refractivity (Wildman–Crippen MR) is 213 cm³/mol. The normalized spacial score (nSPS) is 12.2. The number of fused-ring (bicyclic) bond motifs is 8. The molecule has 0 unspecified atom stereocenters. The van der Waals surface area contributed by atoms with E-state index in [0.29, 0.717) is 24.3 Å². The summed E-state index contributed by atoms with van der Waals surface area (Å²) in [5.74, 6) is -57.2. The van der Waals surface area contributed by atoms with E-state index in [-0.39, 0.29) is 12.1 Å². The minimum atomic E-state index is -2.91. The van der Waals surface area contributed by atoms with Crippen molar-refractivity contribution in [2.75, 3.05) is 0 Å². The number of aromatic amines is 2. The first-order valence-electron chi connectivity index (χ1n) is 19.3. The topological polar surface area (TPSA) is 144 Å². The number of rotatable bonds is 6. The van der Waals surface area contributed by atoms with Gasteiger partial charge in [-0.15, -0.1) is 0 Å². The van der Waals surface area contributed by atoms with E-state index in [4.69, 9.17) is 0 Å². The summed E-state index contributed by atoms with van der Waals surface area (Å²) in [7, 11) is 0. The van der Waals surface area contributed by atoms with E-state index in [1.807, 2.05) is 9.97 Å². The van der Waals surface area contributed by atoms with Gasteiger partial charge in [0.25, 0.3) is 11.4 Å². The Morgan fingerprint density at radius 3 is 0.703 bits per heavy atom. The van der Waals surface area contributed by atoms with E-state index in [1.54, 1.807) is 0 Å². The molecule has 10 nitrogen and oxygen atoms in total. The minimum Gasteiger partial charge on any atom is -0.349 e. The Balaban J connectivity index is 1.69. The molecule has 0 saturated heterocycles. The first-order chi connectivity index (χ1) is 34.7. The molecule has 0 saturated carbocycles. The maximum absolute atomic E-state index is 16.0. The maximum Gasteiger partial charge on any atom is 0.295 e. The Labute approximate surface area is 391 Å². The smallest absolute Gasteiger partial charge is 0.295 e. The van der Waals surface area contributed by atoms with Gasteiger partial charge in [-0.3, -0.25) is 20.2 Å². The quantitative estimate of drug-likeness (QED) is 0.0558. The number of nitrogens with one attached hydrogen (secondary N) is 2. The lowest BCUT2D eigenvalue weighted by atomic mass is 10.0. The average molecular weight is 1060 g/mol. The fourth-order valence-corrected chi connectivity index (χ4v) is 7.97. The average Bonchev–Trinajstić information content (AvgIpc) is 4.22. The molecule has 2 N–H and O–H groups in total. The molecule has 4 aromatic carbocycles. The monoisotopic (exact) mass is 1060 g/mol. The van der Waals surface area contributed by atoms with Gasteiger partial charge in [-0.05, 0) is 24.3 Å². The Hall–Kier alpha value is -9.12. The standard InChI is InChI=1S/C44H8F20N6O4/c45-23-19(24(46)32(54)39(61)31(23)53)15-7-1-3-9(65-7)17(21-27(49)35(57)41(63)36(58)28(21)50)43-14(70(73)74)6-12(68-43)16(20-25(47)33(55)40(62)34(56)26(20)48)8-2-4-10(66-8)18(44-13(69(71)72)5-11(15)67-44)22-29(51)37(59)42(64)38(60)30(22)52/h1-6,67-68H. The van der Waals surface area contributed by atoms with E-state index in [0.717, 1.165) is 0 Å². The van der Waals surface area contributed by atoms with Crippen LogP contribution in [0.25, 0.3) is 90.9 Å². The molecule has 5 heterocycles. The Bertz CT molecular complexity index is 3680. The second kappa shape index (κ2) is 17.3. The van der Waals surface area contributed by atoms with Gasteiger partial charge in [0, 0.05) is 34.4 Å². The lowest BCUT2D eigenvalue weighted by molar-refractivity contribution is -0.383. The number of halogens is 20. The van der Waals surface area contributed by atoms with Crippen molar-refractivity contribution < 1.29 is 97.7 Å². The molecule has 30 heteroatoms. The summed E-state index contributed by atoms with van der Waals surface area (Å²) < 4.78 is 306. The van der Waals surface area contributed by atoms with E-state index in [2.05, 4.69) is 9.97 Å². The van der Waals surface area contributed by atoms with Crippen LogP contribution in [-0.4, -0.2) is 29.8 Å². The molecule has 378 valence electrons. The minimum absolute atomic E-state index is 0.00775. The Morgan fingerprint density at radius 1 is 0.297 bits per heavy atom. The highest BCUT2D eigenvalue weighted by Crippen LogP contribution is 2.47. The van der Waals surface area contributed by atoms with Gasteiger partial charge >= 0.3 is 0 Å². The maximum atomic E-state index is 16.0. The van der Waals surface area contributed by atoms with Crippen LogP contribution in [-0.2, 0) is 0 Å². The summed E-state index contributed by atoms with van der Waals surface area (Å²) in [6.07, 6.45) is 1.20. The van der Waals surface area contributed by atoms with Crippen LogP contribution in [0.3, 0.4) is 0 Å². The molecule has 7 aromatic rings. The van der Waals surface area contributed by atoms with Crippen LogP contribution in [0.4, 0.5) is 99.2 Å². The van der Waals surface area contributed by atoms with Crippen molar-refractivity contribution in [3.05, 3.63) is 171 Å². The number of hydrogen-bond acceptors (Lipinski definition) is 6. The third-order valence-corrected chi connectivity index (χ3v) is 11.2. The molecule has 0 atom stereocenters. The van der Waals surface area contributed by atoms with Crippen LogP contribution in [0.15, 0.2) is 12.1 Å². The Kier molecular flexibility index (Phi) is 11.6. The molecular weight excluding hydrogens is 1060 g/mol. The Morgan fingerprint density at radius 2 is 0.486 bits per heavy atom. The highest BCUT2D eigenvalue weighted by molar-refractivity contribution is 6.04. The van der Waals surface area contributed by atoms with Crippen LogP contribution in [0.5, 0.6) is 0 Å². The van der Waals surface area contributed by atoms with E-state index in [9.17, 15) is 37.8 Å². The molecule has 0 amide bonds. The molecule has 9 rings (SSSR count). The van der Waals surface area contributed by atoms with Gasteiger partial charge in [-0.1, -0.05) is 0 Å². The zero-order chi connectivity index (χ0) is 54.2. The molecule has 0 fully saturated rings. The highest BCUT2D eigenvalue weighted by Gasteiger charge is 2.38. The fraction of sp³-hybridized carbons (Fsp3) is 0. The molecule has 74 heavy (non-hydrogen) atoms. The largest absolute Gasteiger partial charge is 0.349 e. The third-order valence-electron chi connectivity index (χ3n) is 11.2. The van der Waals surface area contributed by atoms with Crippen LogP contribution >= 0.6 is 0 Å². The fourth-order valence-electron chi connectivity index (χ4n) is 7.97. The summed E-state index contributed by atoms with van der Waals surface area (Å²) in [4.78, 5) is 33.6. The van der Waals surface area contributed by atoms with Crippen molar-refractivity contribution in [3.63, 3.8) is 0 Å². The first kappa shape index (κ1) is 49.8. The van der Waals surface area contributed by atoms with Crippen LogP contribution in [0, 0.1) is 137 Å². The molecule has 0 spiro atoms. The third kappa shape index (κ3) is 7.04. The SMILES string of the molecule is O=[N+]([O-])c1cc2[nH]c1c(-c1c(F)c(F)c(F)c(F)c1F)c1nc(c(-c3c(F)c(F)c(F)c(F)c3F)c3cc([N+](=O)[O-])c([nH]3)c(-c3c(F)c(F)c(F)c(F)c3F)c3nc(c2-c2c(F)c(F)c(F)c(F)c2F)C=C3)C=C1. The predicted octanol–water partition coefficient (Wildman–Crippen LogP) is 13.9. The van der Waals surface area contributed by atoms with Gasteiger partial charge in [0.05, 0.1) is 65.9 Å². The molecule has 3 aromatic heterocycles. The molecule has 0 radical (unpaired) electrons. The molecular formula is C44H8F20N6O4. The molecule has 8 bridgehead atoms. The zero-order valence-electron chi connectivity index (χ0n) is 34.4. The van der Waals surface area contributed by atoms with Gasteiger partial charge in [0.2, 0.25) is 23.3 Å². The van der Waals surface area contributed by atoms with Crippen molar-refractivity contribution in [1.82, 2.24) is 19.9 Å². The van der Waals surface area contributed by atoms with Gasteiger partial charge in [-0.2, -0.15) is 0 Å². The van der Waals surface area contributed by atoms with Gasteiger partial charge in [-0.25, -0.2) is 97.8 Å². The second-order valence-corrected chi connectivity index (χ2v) is 15.1. The number of aromatic nitrogens is 4. The molecule has 0 aliphatic carbocycles. The van der Waals surface area contributed by atoms with E-state index >= 15 is 70.2 Å². The second-order valence-electron chi connectivity index (χ2n) is 15.1. The lowest BCUT2D eigenvalue weighted by Gasteiger charge is -2.11. The number of nitro groups is 2. The van der Waals surface area contributed by atoms with Crippen LogP contribution in [0.2, 0.25) is 0 Å². The van der Waals surface area contributed by atoms with Gasteiger partial charge in [0.1, 0.15) is 11.0 Å². The summed E-state index contributed by atoms with van der Waals surface area (Å²) in [5.41, 5.74) is -31.3. The van der Waals surface area contributed by atoms with E-state index in [1.165, 1.54) is 0 Å². The summed E-state index contributed by atoms with van der Waals surface area (Å²) >= 11 is 0. The van der Waals surface area contributed by atoms with Crippen molar-refractivity contribution in [1.29, 1.82) is 0 Å². The van der Waals surface area contributed by atoms with Gasteiger partial charge in [0.15, 0.2) is 93.1 Å². The van der Waals surface area contributed by atoms with Crippen molar-refractivity contribution in [3.8, 4) is 44.5 Å². The summed E-state index contributed by atoms with van der Waals surface area (Å²) in [6.45, 7) is 0. The number of hydrogen-bond donors (Lipinski definition) is 2. The highest BCUT2D eigenvalue weighted by atomic mass is 19.2. The number of nitrogens with zero attached hydrogens (tertiary/aromatic N) is 4. The summed E-state index contributed by atoms with van der Waals surface area (Å²) in [6, 6.07) is 0.0155. The van der Waals surface area contributed by atoms with Crippen molar-refractivity contribution in [2.24, 2.45) is 0 Å². The van der Waals surface area contributed by atoms with Crippen molar-refractivity contribution >= 4 is 57.7 Å². The van der Waals surface area contributed by atoms with E-state index < -0.39 is 227 Å². The number of benzene rings is 4. The summed E-state index contributed by atoms with van der Waals surface area (Å²) in [5, 5.41) is 25.6. The molecule has 2 aliphatic rings. The van der Waals surface area contributed by atoms with Crippen LogP contribution < -0.4 is 0 Å².